The van der Waals surface area contributed by atoms with Crippen LogP contribution < -0.4 is 5.32 Å². The normalized spacial score (nSPS) is 14.9. The molecule has 94 valence electrons. The maximum atomic E-state index is 11.8. The predicted octanol–water partition coefficient (Wildman–Crippen LogP) is 1.55. The van der Waals surface area contributed by atoms with Crippen LogP contribution >= 0.6 is 0 Å². The maximum Gasteiger partial charge on any atom is 0.236 e. The molecule has 0 unspecified atom stereocenters. The van der Waals surface area contributed by atoms with Gasteiger partial charge in [-0.15, -0.1) is 0 Å². The van der Waals surface area contributed by atoms with E-state index in [9.17, 15) is 4.79 Å². The number of hydrogen-bond acceptors (Lipinski definition) is 3. The van der Waals surface area contributed by atoms with Crippen LogP contribution in [0, 0.1) is 12.8 Å². The largest absolute Gasteiger partial charge is 0.469 e. The average molecular weight is 236 g/mol. The number of hydrogen-bond donors (Lipinski definition) is 1. The van der Waals surface area contributed by atoms with Gasteiger partial charge in [-0.2, -0.15) is 0 Å². The van der Waals surface area contributed by atoms with Crippen molar-refractivity contribution in [3.63, 3.8) is 0 Å². The molecular formula is C13H20N2O2. The number of amides is 1. The molecule has 1 aliphatic carbocycles. The van der Waals surface area contributed by atoms with Crippen molar-refractivity contribution in [1.82, 2.24) is 10.2 Å². The molecule has 0 radical (unpaired) electrons. The summed E-state index contributed by atoms with van der Waals surface area (Å²) in [4.78, 5) is 13.5. The Morgan fingerprint density at radius 1 is 1.59 bits per heavy atom. The van der Waals surface area contributed by atoms with Gasteiger partial charge in [-0.3, -0.25) is 4.79 Å². The van der Waals surface area contributed by atoms with Gasteiger partial charge in [0.25, 0.3) is 0 Å². The first-order valence-electron chi connectivity index (χ1n) is 6.14. The van der Waals surface area contributed by atoms with Gasteiger partial charge in [0, 0.05) is 19.2 Å². The maximum absolute atomic E-state index is 11.8. The molecule has 4 nitrogen and oxygen atoms in total. The lowest BCUT2D eigenvalue weighted by Gasteiger charge is -2.17. The lowest BCUT2D eigenvalue weighted by Crippen LogP contribution is -2.35. The van der Waals surface area contributed by atoms with Crippen LogP contribution in [0.25, 0.3) is 0 Å². The summed E-state index contributed by atoms with van der Waals surface area (Å²) >= 11 is 0. The van der Waals surface area contributed by atoms with Crippen LogP contribution in [0.1, 0.15) is 24.2 Å². The van der Waals surface area contributed by atoms with Crippen molar-refractivity contribution >= 4 is 5.91 Å². The summed E-state index contributed by atoms with van der Waals surface area (Å²) in [6, 6.07) is 1.91. The lowest BCUT2D eigenvalue weighted by molar-refractivity contribution is -0.129. The van der Waals surface area contributed by atoms with Crippen LogP contribution in [-0.2, 0) is 11.3 Å². The zero-order valence-electron chi connectivity index (χ0n) is 10.5. The molecular weight excluding hydrogens is 216 g/mol. The molecule has 4 heteroatoms. The third-order valence-electron chi connectivity index (χ3n) is 3.21. The molecule has 0 spiro atoms. The van der Waals surface area contributed by atoms with E-state index in [0.717, 1.165) is 23.8 Å². The Morgan fingerprint density at radius 3 is 2.94 bits per heavy atom. The van der Waals surface area contributed by atoms with Crippen molar-refractivity contribution in [3.8, 4) is 0 Å². The second-order valence-electron chi connectivity index (χ2n) is 4.83. The highest BCUT2D eigenvalue weighted by Gasteiger charge is 2.21. The number of aryl methyl sites for hydroxylation is 1. The molecule has 1 amide bonds. The summed E-state index contributed by atoms with van der Waals surface area (Å²) in [5.74, 6) is 1.83. The molecule has 1 fully saturated rings. The fraction of sp³-hybridized carbons (Fsp3) is 0.615. The van der Waals surface area contributed by atoms with Gasteiger partial charge in [-0.25, -0.2) is 0 Å². The van der Waals surface area contributed by atoms with Crippen LogP contribution in [0.15, 0.2) is 16.7 Å². The van der Waals surface area contributed by atoms with E-state index in [1.165, 1.54) is 12.8 Å². The van der Waals surface area contributed by atoms with E-state index in [1.54, 1.807) is 11.2 Å². The van der Waals surface area contributed by atoms with Crippen molar-refractivity contribution in [2.75, 3.05) is 20.1 Å². The number of carbonyl (C=O) groups excluding carboxylic acids is 1. The van der Waals surface area contributed by atoms with E-state index in [1.807, 2.05) is 20.0 Å². The summed E-state index contributed by atoms with van der Waals surface area (Å²) in [7, 11) is 1.83. The Hall–Kier alpha value is -1.29. The van der Waals surface area contributed by atoms with Gasteiger partial charge in [0.05, 0.1) is 12.8 Å². The molecule has 0 aliphatic heterocycles. The van der Waals surface area contributed by atoms with Crippen molar-refractivity contribution in [1.29, 1.82) is 0 Å². The van der Waals surface area contributed by atoms with Crippen LogP contribution in [0.3, 0.4) is 0 Å². The molecule has 1 aromatic heterocycles. The molecule has 17 heavy (non-hydrogen) atoms. The van der Waals surface area contributed by atoms with Gasteiger partial charge < -0.3 is 14.6 Å². The molecule has 0 saturated heterocycles. The molecule has 0 bridgehead atoms. The van der Waals surface area contributed by atoms with Crippen LogP contribution in [0.4, 0.5) is 0 Å². The van der Waals surface area contributed by atoms with E-state index >= 15 is 0 Å². The Bertz CT molecular complexity index is 383. The zero-order valence-corrected chi connectivity index (χ0v) is 10.5. The minimum absolute atomic E-state index is 0.131. The van der Waals surface area contributed by atoms with E-state index in [0.29, 0.717) is 13.1 Å². The fourth-order valence-electron chi connectivity index (χ4n) is 1.76. The summed E-state index contributed by atoms with van der Waals surface area (Å²) in [5, 5.41) is 3.21. The Kier molecular flexibility index (Phi) is 3.84. The number of nitrogens with one attached hydrogen (secondary N) is 1. The van der Waals surface area contributed by atoms with Crippen LogP contribution in [0.2, 0.25) is 0 Å². The topological polar surface area (TPSA) is 45.5 Å². The third-order valence-corrected chi connectivity index (χ3v) is 3.21. The highest BCUT2D eigenvalue weighted by atomic mass is 16.3. The molecule has 1 N–H and O–H groups in total. The summed E-state index contributed by atoms with van der Waals surface area (Å²) in [6.07, 6.45) is 4.28. The average Bonchev–Trinajstić information content (AvgIpc) is 3.04. The van der Waals surface area contributed by atoms with Gasteiger partial charge in [0.2, 0.25) is 5.91 Å². The first-order chi connectivity index (χ1) is 8.16. The molecule has 1 saturated carbocycles. The van der Waals surface area contributed by atoms with Gasteiger partial charge in [-0.05, 0) is 38.3 Å². The van der Waals surface area contributed by atoms with Crippen molar-refractivity contribution in [2.24, 2.45) is 5.92 Å². The molecule has 0 aromatic carbocycles. The smallest absolute Gasteiger partial charge is 0.236 e. The second-order valence-corrected chi connectivity index (χ2v) is 4.83. The molecule has 2 rings (SSSR count). The molecule has 1 aromatic rings. The standard InChI is InChI=1S/C13H20N2O2/c1-10-12(5-6-17-10)9-15(2)13(16)8-14-7-11-3-4-11/h5-6,11,14H,3-4,7-9H2,1-2H3. The van der Waals surface area contributed by atoms with E-state index in [2.05, 4.69) is 5.32 Å². The SMILES string of the molecule is Cc1occc1CN(C)C(=O)CNCC1CC1. The number of furan rings is 1. The van der Waals surface area contributed by atoms with Crippen LogP contribution in [-0.4, -0.2) is 30.9 Å². The summed E-state index contributed by atoms with van der Waals surface area (Å²) in [6.45, 7) is 3.94. The Labute approximate surface area is 102 Å². The van der Waals surface area contributed by atoms with Gasteiger partial charge in [0.15, 0.2) is 0 Å². The Balaban J connectivity index is 1.72. The van der Waals surface area contributed by atoms with Crippen molar-refractivity contribution < 1.29 is 9.21 Å². The van der Waals surface area contributed by atoms with Gasteiger partial charge in [0.1, 0.15) is 5.76 Å². The summed E-state index contributed by atoms with van der Waals surface area (Å²) < 4.78 is 5.21. The Morgan fingerprint density at radius 2 is 2.35 bits per heavy atom. The number of rotatable bonds is 6. The predicted molar refractivity (Wildman–Crippen MR) is 65.5 cm³/mol. The molecule has 0 atom stereocenters. The van der Waals surface area contributed by atoms with Crippen molar-refractivity contribution in [2.45, 2.75) is 26.3 Å². The number of carbonyl (C=O) groups is 1. The van der Waals surface area contributed by atoms with Gasteiger partial charge >= 0.3 is 0 Å². The number of likely N-dealkylation sites (N-methyl/N-ethyl adjacent to an activating group) is 1. The van der Waals surface area contributed by atoms with Crippen molar-refractivity contribution in [3.05, 3.63) is 23.7 Å². The van der Waals surface area contributed by atoms with E-state index in [-0.39, 0.29) is 5.91 Å². The first-order valence-corrected chi connectivity index (χ1v) is 6.14. The molecule has 1 heterocycles. The second kappa shape index (κ2) is 5.36. The number of nitrogens with zero attached hydrogens (tertiary/aromatic N) is 1. The lowest BCUT2D eigenvalue weighted by atomic mass is 10.2. The highest BCUT2D eigenvalue weighted by Crippen LogP contribution is 2.27. The molecule has 1 aliphatic rings. The monoisotopic (exact) mass is 236 g/mol. The highest BCUT2D eigenvalue weighted by molar-refractivity contribution is 5.77. The third kappa shape index (κ3) is 3.60. The first kappa shape index (κ1) is 12.2. The fourth-order valence-corrected chi connectivity index (χ4v) is 1.76. The van der Waals surface area contributed by atoms with Gasteiger partial charge in [-0.1, -0.05) is 0 Å². The van der Waals surface area contributed by atoms with E-state index < -0.39 is 0 Å². The van der Waals surface area contributed by atoms with E-state index in [4.69, 9.17) is 4.42 Å². The minimum atomic E-state index is 0.131. The minimum Gasteiger partial charge on any atom is -0.469 e. The zero-order chi connectivity index (χ0) is 12.3. The summed E-state index contributed by atoms with van der Waals surface area (Å²) in [5.41, 5.74) is 1.07. The van der Waals surface area contributed by atoms with Crippen LogP contribution in [0.5, 0.6) is 0 Å². The quantitative estimate of drug-likeness (QED) is 0.815.